The smallest absolute Gasteiger partial charge is 0.251 e. The van der Waals surface area contributed by atoms with Crippen LogP contribution >= 0.6 is 15.9 Å². The molecule has 0 radical (unpaired) electrons. The highest BCUT2D eigenvalue weighted by Gasteiger charge is 2.33. The van der Waals surface area contributed by atoms with Crippen LogP contribution in [0.1, 0.15) is 49.9 Å². The van der Waals surface area contributed by atoms with Crippen LogP contribution in [0.4, 0.5) is 5.69 Å². The first-order valence-electron chi connectivity index (χ1n) is 6.76. The van der Waals surface area contributed by atoms with Gasteiger partial charge >= 0.3 is 0 Å². The summed E-state index contributed by atoms with van der Waals surface area (Å²) in [7, 11) is 0. The molecule has 0 aliphatic heterocycles. The first-order chi connectivity index (χ1) is 8.90. The van der Waals surface area contributed by atoms with Crippen molar-refractivity contribution in [3.63, 3.8) is 0 Å². The van der Waals surface area contributed by atoms with Gasteiger partial charge in [-0.2, -0.15) is 0 Å². The maximum atomic E-state index is 12.3. The number of carbonyl (C=O) groups excluding carboxylic acids is 1. The molecule has 4 heteroatoms. The first kappa shape index (κ1) is 14.4. The molecule has 0 aromatic heterocycles. The zero-order valence-electron chi connectivity index (χ0n) is 11.5. The molecule has 1 aromatic carbocycles. The fourth-order valence-corrected chi connectivity index (χ4v) is 3.05. The highest BCUT2D eigenvalue weighted by molar-refractivity contribution is 9.10. The van der Waals surface area contributed by atoms with E-state index >= 15 is 0 Å². The van der Waals surface area contributed by atoms with Crippen molar-refractivity contribution in [2.45, 2.75) is 45.6 Å². The van der Waals surface area contributed by atoms with Gasteiger partial charge in [0.05, 0.1) is 0 Å². The predicted molar refractivity (Wildman–Crippen MR) is 82.1 cm³/mol. The van der Waals surface area contributed by atoms with E-state index in [1.165, 1.54) is 19.3 Å². The first-order valence-corrected chi connectivity index (χ1v) is 7.55. The molecule has 1 amide bonds. The summed E-state index contributed by atoms with van der Waals surface area (Å²) in [5, 5.41) is 3.17. The van der Waals surface area contributed by atoms with Crippen LogP contribution in [0.5, 0.6) is 0 Å². The lowest BCUT2D eigenvalue weighted by Crippen LogP contribution is -2.46. The molecule has 3 N–H and O–H groups in total. The monoisotopic (exact) mass is 324 g/mol. The number of nitrogens with two attached hydrogens (primary N) is 1. The van der Waals surface area contributed by atoms with Gasteiger partial charge in [-0.25, -0.2) is 0 Å². The average Bonchev–Trinajstić information content (AvgIpc) is 2.35. The minimum Gasteiger partial charge on any atom is -0.398 e. The second kappa shape index (κ2) is 5.53. The predicted octanol–water partition coefficient (Wildman–Crippen LogP) is 3.73. The van der Waals surface area contributed by atoms with Gasteiger partial charge in [0.2, 0.25) is 0 Å². The van der Waals surface area contributed by atoms with Crippen molar-refractivity contribution >= 4 is 27.5 Å². The SMILES string of the molecule is CC1(C)CCCCC1NC(=O)c1ccc(N)c(Br)c1. The van der Waals surface area contributed by atoms with Crippen LogP contribution in [0.2, 0.25) is 0 Å². The normalized spacial score (nSPS) is 21.9. The maximum Gasteiger partial charge on any atom is 0.251 e. The molecule has 3 nitrogen and oxygen atoms in total. The number of benzene rings is 1. The Labute approximate surface area is 123 Å². The van der Waals surface area contributed by atoms with Crippen molar-refractivity contribution < 1.29 is 4.79 Å². The van der Waals surface area contributed by atoms with Gasteiger partial charge in [-0.3, -0.25) is 4.79 Å². The van der Waals surface area contributed by atoms with Crippen molar-refractivity contribution in [1.82, 2.24) is 5.32 Å². The van der Waals surface area contributed by atoms with E-state index in [0.717, 1.165) is 10.9 Å². The molecule has 2 rings (SSSR count). The number of hydrogen-bond donors (Lipinski definition) is 2. The van der Waals surface area contributed by atoms with Crippen LogP contribution in [0.15, 0.2) is 22.7 Å². The lowest BCUT2D eigenvalue weighted by molar-refractivity contribution is 0.0853. The molecular weight excluding hydrogens is 304 g/mol. The fourth-order valence-electron chi connectivity index (χ4n) is 2.67. The van der Waals surface area contributed by atoms with Gasteiger partial charge < -0.3 is 11.1 Å². The van der Waals surface area contributed by atoms with Gasteiger partial charge in [0.15, 0.2) is 0 Å². The van der Waals surface area contributed by atoms with Crippen molar-refractivity contribution in [2.75, 3.05) is 5.73 Å². The molecule has 0 saturated heterocycles. The van der Waals surface area contributed by atoms with Crippen LogP contribution in [-0.4, -0.2) is 11.9 Å². The fraction of sp³-hybridized carbons (Fsp3) is 0.533. The van der Waals surface area contributed by atoms with E-state index in [4.69, 9.17) is 5.73 Å². The summed E-state index contributed by atoms with van der Waals surface area (Å²) in [4.78, 5) is 12.3. The minimum absolute atomic E-state index is 0.0133. The zero-order valence-corrected chi connectivity index (χ0v) is 13.1. The standard InChI is InChI=1S/C15H21BrN2O/c1-15(2)8-4-3-5-13(15)18-14(19)10-6-7-12(17)11(16)9-10/h6-7,9,13H,3-5,8,17H2,1-2H3,(H,18,19). The van der Waals surface area contributed by atoms with Crippen LogP contribution in [0.3, 0.4) is 0 Å². The van der Waals surface area contributed by atoms with E-state index in [0.29, 0.717) is 11.3 Å². The van der Waals surface area contributed by atoms with Gasteiger partial charge in [-0.15, -0.1) is 0 Å². The summed E-state index contributed by atoms with van der Waals surface area (Å²) in [6.07, 6.45) is 4.69. The third kappa shape index (κ3) is 3.30. The topological polar surface area (TPSA) is 55.1 Å². The summed E-state index contributed by atoms with van der Waals surface area (Å²) in [5.41, 5.74) is 7.22. The van der Waals surface area contributed by atoms with Crippen molar-refractivity contribution in [1.29, 1.82) is 0 Å². The van der Waals surface area contributed by atoms with Crippen LogP contribution in [-0.2, 0) is 0 Å². The Hall–Kier alpha value is -1.03. The lowest BCUT2D eigenvalue weighted by Gasteiger charge is -2.39. The molecule has 1 aromatic rings. The number of rotatable bonds is 2. The second-order valence-corrected chi connectivity index (χ2v) is 6.85. The maximum absolute atomic E-state index is 12.3. The molecule has 1 aliphatic carbocycles. The Morgan fingerprint density at radius 3 is 2.79 bits per heavy atom. The number of anilines is 1. The van der Waals surface area contributed by atoms with Gasteiger partial charge in [-0.1, -0.05) is 26.7 Å². The highest BCUT2D eigenvalue weighted by atomic mass is 79.9. The van der Waals surface area contributed by atoms with Gasteiger partial charge in [0, 0.05) is 21.8 Å². The van der Waals surface area contributed by atoms with Crippen molar-refractivity contribution in [3.05, 3.63) is 28.2 Å². The number of carbonyl (C=O) groups is 1. The van der Waals surface area contributed by atoms with Crippen LogP contribution in [0.25, 0.3) is 0 Å². The molecule has 1 fully saturated rings. The van der Waals surface area contributed by atoms with E-state index in [9.17, 15) is 4.79 Å². The number of nitrogen functional groups attached to an aromatic ring is 1. The molecule has 1 atom stereocenters. The number of halogens is 1. The third-order valence-electron chi connectivity index (χ3n) is 4.08. The Kier molecular flexibility index (Phi) is 4.19. The minimum atomic E-state index is -0.0133. The number of nitrogens with one attached hydrogen (secondary N) is 1. The molecule has 0 heterocycles. The Bertz CT molecular complexity index is 485. The van der Waals surface area contributed by atoms with E-state index in [1.807, 2.05) is 0 Å². The Morgan fingerprint density at radius 2 is 2.16 bits per heavy atom. The molecule has 1 unspecified atom stereocenters. The van der Waals surface area contributed by atoms with Crippen LogP contribution < -0.4 is 11.1 Å². The molecule has 0 spiro atoms. The quantitative estimate of drug-likeness (QED) is 0.814. The van der Waals surface area contributed by atoms with Gasteiger partial charge in [0.1, 0.15) is 0 Å². The molecule has 104 valence electrons. The van der Waals surface area contributed by atoms with Gasteiger partial charge in [-0.05, 0) is 52.4 Å². The van der Waals surface area contributed by atoms with E-state index in [-0.39, 0.29) is 17.4 Å². The summed E-state index contributed by atoms with van der Waals surface area (Å²) in [6, 6.07) is 5.56. The Balaban J connectivity index is 2.10. The number of amides is 1. The highest BCUT2D eigenvalue weighted by Crippen LogP contribution is 2.35. The van der Waals surface area contributed by atoms with E-state index in [2.05, 4.69) is 35.1 Å². The molecular formula is C15H21BrN2O. The molecule has 1 aliphatic rings. The zero-order chi connectivity index (χ0) is 14.0. The van der Waals surface area contributed by atoms with Crippen molar-refractivity contribution in [3.8, 4) is 0 Å². The molecule has 0 bridgehead atoms. The van der Waals surface area contributed by atoms with Crippen molar-refractivity contribution in [2.24, 2.45) is 5.41 Å². The summed E-state index contributed by atoms with van der Waals surface area (Å²) >= 11 is 3.36. The average molecular weight is 325 g/mol. The van der Waals surface area contributed by atoms with Crippen LogP contribution in [0, 0.1) is 5.41 Å². The van der Waals surface area contributed by atoms with Gasteiger partial charge in [0.25, 0.3) is 5.91 Å². The summed E-state index contributed by atoms with van der Waals surface area (Å²) < 4.78 is 0.767. The third-order valence-corrected chi connectivity index (χ3v) is 4.76. The Morgan fingerprint density at radius 1 is 1.42 bits per heavy atom. The molecule has 1 saturated carbocycles. The largest absolute Gasteiger partial charge is 0.398 e. The second-order valence-electron chi connectivity index (χ2n) is 6.00. The molecule has 19 heavy (non-hydrogen) atoms. The lowest BCUT2D eigenvalue weighted by atomic mass is 9.73. The summed E-state index contributed by atoms with van der Waals surface area (Å²) in [6.45, 7) is 4.46. The van der Waals surface area contributed by atoms with E-state index < -0.39 is 0 Å². The number of hydrogen-bond acceptors (Lipinski definition) is 2. The van der Waals surface area contributed by atoms with E-state index in [1.54, 1.807) is 18.2 Å². The summed E-state index contributed by atoms with van der Waals surface area (Å²) in [5.74, 6) is -0.0133.